The Labute approximate surface area is 379 Å². The van der Waals surface area contributed by atoms with Crippen molar-refractivity contribution in [2.24, 2.45) is 5.73 Å². The number of aromatic nitrogens is 6. The van der Waals surface area contributed by atoms with Crippen LogP contribution in [0.25, 0.3) is 22.5 Å². The van der Waals surface area contributed by atoms with Crippen LogP contribution in [0.3, 0.4) is 0 Å². The lowest BCUT2D eigenvalue weighted by atomic mass is 10.0. The molecule has 6 heterocycles. The first kappa shape index (κ1) is 53.2. The van der Waals surface area contributed by atoms with Gasteiger partial charge >= 0.3 is 30.5 Å². The number of pyridine rings is 2. The van der Waals surface area contributed by atoms with Gasteiger partial charge in [-0.2, -0.15) is 26.3 Å². The molecule has 0 aliphatic carbocycles. The molecule has 2 saturated heterocycles. The molecule has 4 aromatic rings. The van der Waals surface area contributed by atoms with Gasteiger partial charge in [-0.3, -0.25) is 24.6 Å². The van der Waals surface area contributed by atoms with Crippen molar-refractivity contribution in [1.29, 1.82) is 0 Å². The quantitative estimate of drug-likeness (QED) is 0.161. The van der Waals surface area contributed by atoms with E-state index < -0.39 is 77.5 Å². The Kier molecular flexibility index (Phi) is 17.4. The molecule has 2 aliphatic heterocycles. The first-order valence-electron chi connectivity index (χ1n) is 20.5. The highest BCUT2D eigenvalue weighted by atomic mass is 19.4. The molecule has 24 heteroatoms. The largest absolute Gasteiger partial charge is 0.480 e. The van der Waals surface area contributed by atoms with E-state index in [0.717, 1.165) is 34.3 Å². The van der Waals surface area contributed by atoms with E-state index in [2.05, 4.69) is 29.9 Å². The number of ketones is 1. The summed E-state index contributed by atoms with van der Waals surface area (Å²) in [7, 11) is 0. The van der Waals surface area contributed by atoms with Crippen molar-refractivity contribution in [2.75, 3.05) is 13.1 Å². The number of aryl methyl sites for hydroxylation is 1. The monoisotopic (exact) mass is 955 g/mol. The van der Waals surface area contributed by atoms with Gasteiger partial charge in [0, 0.05) is 55.0 Å². The van der Waals surface area contributed by atoms with Crippen molar-refractivity contribution in [1.82, 2.24) is 39.7 Å². The zero-order valence-corrected chi connectivity index (χ0v) is 37.1. The lowest BCUT2D eigenvalue weighted by Gasteiger charge is -2.27. The molecule has 2 amide bonds. The van der Waals surface area contributed by atoms with Gasteiger partial charge in [0.1, 0.15) is 53.6 Å². The van der Waals surface area contributed by atoms with Gasteiger partial charge < -0.3 is 20.3 Å². The topological polar surface area (TPSA) is 217 Å². The summed E-state index contributed by atoms with van der Waals surface area (Å²) in [6.07, 6.45) is -8.42. The Bertz CT molecular complexity index is 2330. The van der Waals surface area contributed by atoms with Gasteiger partial charge in [0.05, 0.1) is 36.2 Å². The van der Waals surface area contributed by atoms with Crippen LogP contribution in [0.1, 0.15) is 83.6 Å². The van der Waals surface area contributed by atoms with E-state index >= 15 is 0 Å². The van der Waals surface area contributed by atoms with E-state index in [1.807, 2.05) is 0 Å². The smallest absolute Gasteiger partial charge is 0.433 e. The highest BCUT2D eigenvalue weighted by Crippen LogP contribution is 2.31. The van der Waals surface area contributed by atoms with Crippen LogP contribution in [-0.4, -0.2) is 117 Å². The maximum absolute atomic E-state index is 14.0. The highest BCUT2D eigenvalue weighted by molar-refractivity contribution is 5.88. The lowest BCUT2D eigenvalue weighted by molar-refractivity contribution is -0.142. The summed E-state index contributed by atoms with van der Waals surface area (Å²) in [4.78, 5) is 72.4. The second-order valence-corrected chi connectivity index (χ2v) is 17.1. The van der Waals surface area contributed by atoms with Gasteiger partial charge in [0.2, 0.25) is 0 Å². The number of ether oxygens (including phenoxy) is 2. The van der Waals surface area contributed by atoms with Gasteiger partial charge in [-0.1, -0.05) is 0 Å². The van der Waals surface area contributed by atoms with Gasteiger partial charge in [0.25, 0.3) is 0 Å². The number of hydrogen-bond donors (Lipinski definition) is 2. The van der Waals surface area contributed by atoms with Crippen molar-refractivity contribution < 1.29 is 68.9 Å². The molecule has 0 aromatic carbocycles. The summed E-state index contributed by atoms with van der Waals surface area (Å²) in [5, 5.41) is 8.83. The fourth-order valence-corrected chi connectivity index (χ4v) is 6.36. The fourth-order valence-electron chi connectivity index (χ4n) is 6.36. The number of aliphatic carboxylic acids is 1. The number of halogens is 8. The van der Waals surface area contributed by atoms with Gasteiger partial charge in [-0.25, -0.2) is 43.1 Å². The number of alkyl halides is 8. The third-order valence-corrected chi connectivity index (χ3v) is 9.40. The number of rotatable bonds is 8. The summed E-state index contributed by atoms with van der Waals surface area (Å²) in [5.74, 6) is -1.52. The Balaban J connectivity index is 0.000000242. The first-order chi connectivity index (χ1) is 31.0. The van der Waals surface area contributed by atoms with Crippen LogP contribution in [0.4, 0.5) is 44.7 Å². The van der Waals surface area contributed by atoms with Crippen molar-refractivity contribution in [3.63, 3.8) is 0 Å². The zero-order chi connectivity index (χ0) is 50.1. The molecule has 4 aromatic heterocycles. The highest BCUT2D eigenvalue weighted by Gasteiger charge is 2.43. The SMILES string of the molecule is CC(C)(C)OC(=O)N1C[C@H](F)C[C@H]1C(=O)CCc1cc(-c2ccc(C(F)(F)F)nc2)ncn1.CC(C)(C)OC(=O)N1C[C@H](F)C[C@H]1C(=O)O.NCc1cc(-c2ccc(C(F)(F)F)nc2)ncn1. The van der Waals surface area contributed by atoms with Crippen LogP contribution in [0.15, 0.2) is 61.4 Å². The minimum atomic E-state index is -4.54. The first-order valence-corrected chi connectivity index (χ1v) is 20.5. The Hall–Kier alpha value is -6.46. The molecule has 2 aliphatic rings. The predicted molar refractivity (Wildman–Crippen MR) is 222 cm³/mol. The second-order valence-electron chi connectivity index (χ2n) is 17.1. The van der Waals surface area contributed by atoms with E-state index in [0.29, 0.717) is 33.9 Å². The number of carbonyl (C=O) groups excluding carboxylic acids is 3. The molecule has 0 bridgehead atoms. The van der Waals surface area contributed by atoms with E-state index in [1.165, 1.54) is 24.8 Å². The van der Waals surface area contributed by atoms with Gasteiger partial charge in [-0.15, -0.1) is 0 Å². The summed E-state index contributed by atoms with van der Waals surface area (Å²) < 4.78 is 112. The lowest BCUT2D eigenvalue weighted by Crippen LogP contribution is -2.43. The number of carboxylic acids is 1. The fraction of sp³-hybridized carbons (Fsp3) is 0.488. The molecule has 0 radical (unpaired) electrons. The maximum atomic E-state index is 14.0. The minimum Gasteiger partial charge on any atom is -0.480 e. The molecule has 4 atom stereocenters. The van der Waals surface area contributed by atoms with Crippen LogP contribution >= 0.6 is 0 Å². The third kappa shape index (κ3) is 16.1. The molecule has 3 N–H and O–H groups in total. The maximum Gasteiger partial charge on any atom is 0.433 e. The minimum absolute atomic E-state index is 0.00159. The van der Waals surface area contributed by atoms with Crippen molar-refractivity contribution in [2.45, 2.75) is 122 Å². The van der Waals surface area contributed by atoms with Crippen molar-refractivity contribution in [3.05, 3.63) is 84.2 Å². The Morgan fingerprint density at radius 3 is 1.46 bits per heavy atom. The van der Waals surface area contributed by atoms with Gasteiger partial charge in [-0.05, 0) is 84.4 Å². The predicted octanol–water partition coefficient (Wildman–Crippen LogP) is 7.84. The summed E-state index contributed by atoms with van der Waals surface area (Å²) in [6, 6.07) is 5.48. The summed E-state index contributed by atoms with van der Waals surface area (Å²) in [5.41, 5.74) is 4.78. The Morgan fingerprint density at radius 1 is 0.657 bits per heavy atom. The molecular formula is C43H49F8N9O7. The molecule has 6 rings (SSSR count). The molecule has 0 spiro atoms. The van der Waals surface area contributed by atoms with Crippen LogP contribution in [0.2, 0.25) is 0 Å². The average Bonchev–Trinajstić information content (AvgIpc) is 3.85. The van der Waals surface area contributed by atoms with E-state index in [9.17, 15) is 54.3 Å². The van der Waals surface area contributed by atoms with Crippen molar-refractivity contribution in [3.8, 4) is 22.5 Å². The standard InChI is InChI=1S/C22H24F4N4O3.C11H9F3N4.C10H16FNO4/c1-21(2,3)33-20(32)30-11-14(23)8-17(30)18(31)6-5-15-9-16(29-12-28-15)13-4-7-19(27-10-13)22(24,25)26;12-11(13,14)10-2-1-7(5-16-10)9-3-8(4-15)17-6-18-9;1-10(2,3)16-9(15)12-5-6(11)4-7(12)8(13)14/h4,7,9-10,12,14,17H,5-6,8,11H2,1-3H3;1-3,5-6H,4,15H2;6-7H,4-5H2,1-3H3,(H,13,14)/t14-,17+;;6-,7+/m1.1/s1. The number of nitrogens with zero attached hydrogens (tertiary/aromatic N) is 8. The van der Waals surface area contributed by atoms with E-state index in [4.69, 9.17) is 20.3 Å². The molecule has 16 nitrogen and oxygen atoms in total. The second kappa shape index (κ2) is 21.9. The van der Waals surface area contributed by atoms with Crippen LogP contribution in [0, 0.1) is 0 Å². The number of amides is 2. The van der Waals surface area contributed by atoms with E-state index in [1.54, 1.807) is 53.7 Å². The average molecular weight is 956 g/mol. The number of carbonyl (C=O) groups is 4. The zero-order valence-electron chi connectivity index (χ0n) is 37.1. The van der Waals surface area contributed by atoms with Crippen LogP contribution in [-0.2, 0) is 44.4 Å². The molecule has 0 unspecified atom stereocenters. The summed E-state index contributed by atoms with van der Waals surface area (Å²) >= 11 is 0. The van der Waals surface area contributed by atoms with Crippen LogP contribution in [0.5, 0.6) is 0 Å². The summed E-state index contributed by atoms with van der Waals surface area (Å²) in [6.45, 7) is 9.88. The van der Waals surface area contributed by atoms with E-state index in [-0.39, 0.29) is 51.1 Å². The van der Waals surface area contributed by atoms with Crippen LogP contribution < -0.4 is 5.73 Å². The van der Waals surface area contributed by atoms with Gasteiger partial charge in [0.15, 0.2) is 5.78 Å². The third-order valence-electron chi connectivity index (χ3n) is 9.40. The number of Topliss-reactive ketones (excluding diaryl/α,β-unsaturated/α-hetero) is 1. The molecular weight excluding hydrogens is 907 g/mol. The normalized spacial score (nSPS) is 18.6. The number of likely N-dealkylation sites (tertiary alicyclic amines) is 2. The molecule has 0 saturated carbocycles. The number of nitrogens with two attached hydrogens (primary N) is 1. The number of hydrogen-bond acceptors (Lipinski definition) is 13. The van der Waals surface area contributed by atoms with Crippen molar-refractivity contribution >= 4 is 23.9 Å². The number of carboxylic acid groups (broad SMARTS) is 1. The molecule has 364 valence electrons. The Morgan fingerprint density at radius 2 is 1.07 bits per heavy atom. The molecule has 67 heavy (non-hydrogen) atoms. The molecule has 2 fully saturated rings.